The minimum atomic E-state index is -0.0189. The van der Waals surface area contributed by atoms with Crippen molar-refractivity contribution in [2.24, 2.45) is 0 Å². The van der Waals surface area contributed by atoms with E-state index >= 15 is 0 Å². The molecule has 0 aliphatic rings. The molecular formula is C34H36N2O4. The van der Waals surface area contributed by atoms with Crippen molar-refractivity contribution in [1.29, 1.82) is 0 Å². The molecule has 4 rings (SSSR count). The van der Waals surface area contributed by atoms with Crippen LogP contribution in [-0.4, -0.2) is 26.0 Å². The zero-order valence-electron chi connectivity index (χ0n) is 23.5. The summed E-state index contributed by atoms with van der Waals surface area (Å²) in [6.45, 7) is 3.99. The van der Waals surface area contributed by atoms with Crippen molar-refractivity contribution < 1.29 is 19.1 Å². The van der Waals surface area contributed by atoms with E-state index in [0.29, 0.717) is 25.7 Å². The van der Waals surface area contributed by atoms with E-state index in [1.807, 2.05) is 86.6 Å². The second-order valence-corrected chi connectivity index (χ2v) is 9.85. The molecule has 0 fully saturated rings. The van der Waals surface area contributed by atoms with Crippen molar-refractivity contribution >= 4 is 23.2 Å². The predicted molar refractivity (Wildman–Crippen MR) is 161 cm³/mol. The SMILES string of the molecule is COc1ccc(CCC(=O)Nc2ccc(-c3ccc(NC(=O)CCc4ccc(OC)cc4)c(C)c3)cc2C)cc1. The van der Waals surface area contributed by atoms with Gasteiger partial charge in [-0.05, 0) is 109 Å². The average Bonchev–Trinajstić information content (AvgIpc) is 2.97. The Morgan fingerprint density at radius 3 is 1.27 bits per heavy atom. The lowest BCUT2D eigenvalue weighted by atomic mass is 9.99. The number of rotatable bonds is 11. The minimum Gasteiger partial charge on any atom is -0.497 e. The highest BCUT2D eigenvalue weighted by Gasteiger charge is 2.10. The van der Waals surface area contributed by atoms with Crippen molar-refractivity contribution in [3.05, 3.63) is 107 Å². The first-order valence-corrected chi connectivity index (χ1v) is 13.4. The Kier molecular flexibility index (Phi) is 9.57. The fourth-order valence-corrected chi connectivity index (χ4v) is 4.49. The van der Waals surface area contributed by atoms with Gasteiger partial charge in [0.25, 0.3) is 0 Å². The predicted octanol–water partition coefficient (Wildman–Crippen LogP) is 7.13. The summed E-state index contributed by atoms with van der Waals surface area (Å²) in [5.74, 6) is 1.57. The first-order chi connectivity index (χ1) is 19.3. The van der Waals surface area contributed by atoms with E-state index < -0.39 is 0 Å². The maximum Gasteiger partial charge on any atom is 0.224 e. The van der Waals surface area contributed by atoms with E-state index in [1.165, 1.54) is 0 Å². The van der Waals surface area contributed by atoms with Gasteiger partial charge in [-0.25, -0.2) is 0 Å². The van der Waals surface area contributed by atoms with Gasteiger partial charge in [0, 0.05) is 24.2 Å². The minimum absolute atomic E-state index is 0.0189. The largest absolute Gasteiger partial charge is 0.497 e. The standard InChI is InChI=1S/C34H36N2O4/c1-23-21-27(11-17-31(23)35-33(37)19-9-25-5-13-29(39-3)14-6-25)28-12-18-32(24(2)22-28)36-34(38)20-10-26-7-15-30(40-4)16-8-26/h5-8,11-18,21-22H,9-10,19-20H2,1-4H3,(H,35,37)(H,36,38). The smallest absolute Gasteiger partial charge is 0.224 e. The van der Waals surface area contributed by atoms with E-state index in [9.17, 15) is 9.59 Å². The van der Waals surface area contributed by atoms with Crippen LogP contribution in [0.3, 0.4) is 0 Å². The molecule has 0 unspecified atom stereocenters. The van der Waals surface area contributed by atoms with E-state index in [4.69, 9.17) is 9.47 Å². The van der Waals surface area contributed by atoms with Gasteiger partial charge in [0.2, 0.25) is 11.8 Å². The van der Waals surface area contributed by atoms with Gasteiger partial charge in [0.05, 0.1) is 14.2 Å². The normalized spacial score (nSPS) is 10.6. The summed E-state index contributed by atoms with van der Waals surface area (Å²) in [5.41, 5.74) is 7.88. The van der Waals surface area contributed by atoms with Crippen molar-refractivity contribution in [3.63, 3.8) is 0 Å². The van der Waals surface area contributed by atoms with Crippen LogP contribution in [0.2, 0.25) is 0 Å². The number of aryl methyl sites for hydroxylation is 4. The van der Waals surface area contributed by atoms with E-state index in [2.05, 4.69) is 22.8 Å². The number of carbonyl (C=O) groups excluding carboxylic acids is 2. The van der Waals surface area contributed by atoms with E-state index in [-0.39, 0.29) is 11.8 Å². The van der Waals surface area contributed by atoms with Gasteiger partial charge in [-0.15, -0.1) is 0 Å². The summed E-state index contributed by atoms with van der Waals surface area (Å²) >= 11 is 0. The van der Waals surface area contributed by atoms with Crippen LogP contribution in [0.4, 0.5) is 11.4 Å². The molecule has 6 heteroatoms. The topological polar surface area (TPSA) is 76.7 Å². The molecule has 0 radical (unpaired) electrons. The van der Waals surface area contributed by atoms with Crippen LogP contribution in [0.5, 0.6) is 11.5 Å². The Bertz CT molecular complexity index is 1350. The van der Waals surface area contributed by atoms with Gasteiger partial charge in [-0.1, -0.05) is 36.4 Å². The summed E-state index contributed by atoms with van der Waals surface area (Å²) in [4.78, 5) is 25.1. The van der Waals surface area contributed by atoms with Crippen LogP contribution in [0.25, 0.3) is 11.1 Å². The van der Waals surface area contributed by atoms with Crippen molar-refractivity contribution in [2.75, 3.05) is 24.9 Å². The van der Waals surface area contributed by atoms with E-state index in [1.54, 1.807) is 14.2 Å². The quantitative estimate of drug-likeness (QED) is 0.214. The molecule has 4 aromatic carbocycles. The molecule has 0 aromatic heterocycles. The highest BCUT2D eigenvalue weighted by atomic mass is 16.5. The number of amides is 2. The van der Waals surface area contributed by atoms with Gasteiger partial charge in [-0.2, -0.15) is 0 Å². The molecule has 6 nitrogen and oxygen atoms in total. The maximum atomic E-state index is 12.6. The third-order valence-corrected chi connectivity index (χ3v) is 6.93. The molecule has 0 bridgehead atoms. The number of benzene rings is 4. The van der Waals surface area contributed by atoms with Crippen LogP contribution in [0.1, 0.15) is 35.1 Å². The molecule has 0 spiro atoms. The molecule has 0 aliphatic carbocycles. The zero-order chi connectivity index (χ0) is 28.5. The summed E-state index contributed by atoms with van der Waals surface area (Å²) in [7, 11) is 3.28. The molecule has 40 heavy (non-hydrogen) atoms. The van der Waals surface area contributed by atoms with Gasteiger partial charge in [0.15, 0.2) is 0 Å². The molecule has 0 saturated heterocycles. The van der Waals surface area contributed by atoms with Crippen LogP contribution >= 0.6 is 0 Å². The third kappa shape index (κ3) is 7.73. The van der Waals surface area contributed by atoms with Crippen LogP contribution in [-0.2, 0) is 22.4 Å². The first-order valence-electron chi connectivity index (χ1n) is 13.4. The first kappa shape index (κ1) is 28.4. The lowest BCUT2D eigenvalue weighted by molar-refractivity contribution is -0.117. The lowest BCUT2D eigenvalue weighted by Gasteiger charge is -2.13. The average molecular weight is 537 g/mol. The second kappa shape index (κ2) is 13.5. The Balaban J connectivity index is 1.31. The number of anilines is 2. The summed E-state index contributed by atoms with van der Waals surface area (Å²) in [6.07, 6.45) is 2.13. The van der Waals surface area contributed by atoms with Gasteiger partial charge in [-0.3, -0.25) is 9.59 Å². The fraction of sp³-hybridized carbons (Fsp3) is 0.235. The summed E-state index contributed by atoms with van der Waals surface area (Å²) in [6, 6.07) is 27.6. The molecule has 4 aromatic rings. The van der Waals surface area contributed by atoms with Crippen LogP contribution in [0.15, 0.2) is 84.9 Å². The molecule has 206 valence electrons. The van der Waals surface area contributed by atoms with Crippen LogP contribution < -0.4 is 20.1 Å². The van der Waals surface area contributed by atoms with Crippen LogP contribution in [0, 0.1) is 13.8 Å². The van der Waals surface area contributed by atoms with Crippen molar-refractivity contribution in [2.45, 2.75) is 39.5 Å². The number of carbonyl (C=O) groups is 2. The number of hydrogen-bond acceptors (Lipinski definition) is 4. The van der Waals surface area contributed by atoms with Gasteiger partial charge in [0.1, 0.15) is 11.5 Å². The number of hydrogen-bond donors (Lipinski definition) is 2. The molecular weight excluding hydrogens is 500 g/mol. The summed E-state index contributed by atoms with van der Waals surface area (Å²) in [5, 5.41) is 6.07. The molecule has 0 saturated carbocycles. The Hall–Kier alpha value is -4.58. The number of nitrogens with one attached hydrogen (secondary N) is 2. The number of ether oxygens (including phenoxy) is 2. The Morgan fingerprint density at radius 2 is 0.950 bits per heavy atom. The van der Waals surface area contributed by atoms with Gasteiger partial charge >= 0.3 is 0 Å². The molecule has 2 amide bonds. The van der Waals surface area contributed by atoms with Crippen molar-refractivity contribution in [1.82, 2.24) is 0 Å². The zero-order valence-corrected chi connectivity index (χ0v) is 23.5. The summed E-state index contributed by atoms with van der Waals surface area (Å²) < 4.78 is 10.4. The molecule has 0 heterocycles. The molecule has 0 atom stereocenters. The second-order valence-electron chi connectivity index (χ2n) is 9.85. The highest BCUT2D eigenvalue weighted by molar-refractivity contribution is 5.93. The third-order valence-electron chi connectivity index (χ3n) is 6.93. The monoisotopic (exact) mass is 536 g/mol. The maximum absolute atomic E-state index is 12.6. The fourth-order valence-electron chi connectivity index (χ4n) is 4.49. The Morgan fingerprint density at radius 1 is 0.575 bits per heavy atom. The lowest BCUT2D eigenvalue weighted by Crippen LogP contribution is -2.13. The Labute approximate surface area is 236 Å². The highest BCUT2D eigenvalue weighted by Crippen LogP contribution is 2.28. The van der Waals surface area contributed by atoms with Crippen molar-refractivity contribution in [3.8, 4) is 22.6 Å². The molecule has 0 aliphatic heterocycles. The molecule has 2 N–H and O–H groups in total. The number of methoxy groups -OCH3 is 2. The van der Waals surface area contributed by atoms with Gasteiger partial charge < -0.3 is 20.1 Å². The van der Waals surface area contributed by atoms with E-state index in [0.717, 1.165) is 56.3 Å².